The van der Waals surface area contributed by atoms with E-state index in [0.29, 0.717) is 23.5 Å². The van der Waals surface area contributed by atoms with Crippen molar-refractivity contribution in [2.75, 3.05) is 0 Å². The second kappa shape index (κ2) is 4.12. The molecule has 1 aromatic rings. The van der Waals surface area contributed by atoms with Crippen LogP contribution < -0.4 is 0 Å². The standard InChI is InChI=1S/C15H22O/c1-9(2)13-7-12(16)8-14-10(3)5-6-11(4)15(13)14/h7-11,16H,5-6H2,1-4H3. The topological polar surface area (TPSA) is 20.2 Å². The SMILES string of the molecule is CC(C)c1cc(O)cc2c1C(C)CCC2C. The van der Waals surface area contributed by atoms with Crippen molar-refractivity contribution in [1.29, 1.82) is 0 Å². The molecule has 0 bridgehead atoms. The Bertz CT molecular complexity index is 375. The van der Waals surface area contributed by atoms with Gasteiger partial charge in [0.1, 0.15) is 5.75 Å². The van der Waals surface area contributed by atoms with Crippen LogP contribution in [0.25, 0.3) is 0 Å². The average Bonchev–Trinajstić information content (AvgIpc) is 2.22. The Hall–Kier alpha value is -0.980. The summed E-state index contributed by atoms with van der Waals surface area (Å²) >= 11 is 0. The number of hydrogen-bond acceptors (Lipinski definition) is 1. The highest BCUT2D eigenvalue weighted by Gasteiger charge is 2.25. The molecule has 2 unspecified atom stereocenters. The zero-order valence-electron chi connectivity index (χ0n) is 10.7. The molecule has 1 aliphatic rings. The number of aromatic hydroxyl groups is 1. The fraction of sp³-hybridized carbons (Fsp3) is 0.600. The maximum Gasteiger partial charge on any atom is 0.116 e. The number of fused-ring (bicyclic) bond motifs is 1. The average molecular weight is 218 g/mol. The Balaban J connectivity index is 2.63. The third-order valence-electron chi connectivity index (χ3n) is 3.91. The minimum absolute atomic E-state index is 0.434. The molecule has 0 saturated carbocycles. The Labute approximate surface area is 98.5 Å². The first-order valence-electron chi connectivity index (χ1n) is 6.37. The smallest absolute Gasteiger partial charge is 0.116 e. The van der Waals surface area contributed by atoms with Crippen molar-refractivity contribution in [2.45, 2.75) is 58.3 Å². The van der Waals surface area contributed by atoms with Crippen molar-refractivity contribution < 1.29 is 5.11 Å². The van der Waals surface area contributed by atoms with Gasteiger partial charge in [-0.2, -0.15) is 0 Å². The van der Waals surface area contributed by atoms with Crippen LogP contribution in [0.5, 0.6) is 5.75 Å². The van der Waals surface area contributed by atoms with E-state index >= 15 is 0 Å². The van der Waals surface area contributed by atoms with E-state index < -0.39 is 0 Å². The molecule has 0 aromatic heterocycles. The summed E-state index contributed by atoms with van der Waals surface area (Å²) in [6, 6.07) is 3.93. The van der Waals surface area contributed by atoms with Crippen LogP contribution in [0.3, 0.4) is 0 Å². The molecule has 0 aliphatic heterocycles. The summed E-state index contributed by atoms with van der Waals surface area (Å²) in [5.74, 6) is 2.16. The molecule has 88 valence electrons. The molecule has 1 N–H and O–H groups in total. The normalized spacial score (nSPS) is 24.6. The maximum absolute atomic E-state index is 9.82. The van der Waals surface area contributed by atoms with Gasteiger partial charge >= 0.3 is 0 Å². The number of phenolic OH excluding ortho intramolecular Hbond substituents is 1. The van der Waals surface area contributed by atoms with Crippen LogP contribution >= 0.6 is 0 Å². The van der Waals surface area contributed by atoms with E-state index in [-0.39, 0.29) is 0 Å². The lowest BCUT2D eigenvalue weighted by Crippen LogP contribution is -2.14. The maximum atomic E-state index is 9.82. The van der Waals surface area contributed by atoms with Crippen LogP contribution in [0, 0.1) is 0 Å². The first kappa shape index (κ1) is 11.5. The fourth-order valence-corrected chi connectivity index (χ4v) is 2.94. The van der Waals surface area contributed by atoms with Gasteiger partial charge in [-0.3, -0.25) is 0 Å². The third kappa shape index (κ3) is 1.83. The van der Waals surface area contributed by atoms with Crippen molar-refractivity contribution >= 4 is 0 Å². The van der Waals surface area contributed by atoms with Crippen molar-refractivity contribution in [3.8, 4) is 5.75 Å². The molecule has 2 rings (SSSR count). The number of rotatable bonds is 1. The first-order chi connectivity index (χ1) is 7.50. The molecular formula is C15H22O. The van der Waals surface area contributed by atoms with Gasteiger partial charge in [-0.15, -0.1) is 0 Å². The van der Waals surface area contributed by atoms with Crippen molar-refractivity contribution in [3.63, 3.8) is 0 Å². The van der Waals surface area contributed by atoms with Crippen LogP contribution in [-0.2, 0) is 0 Å². The van der Waals surface area contributed by atoms with Gasteiger partial charge in [-0.05, 0) is 59.4 Å². The molecular weight excluding hydrogens is 196 g/mol. The molecule has 16 heavy (non-hydrogen) atoms. The van der Waals surface area contributed by atoms with Crippen LogP contribution in [-0.4, -0.2) is 5.11 Å². The highest BCUT2D eigenvalue weighted by atomic mass is 16.3. The van der Waals surface area contributed by atoms with Gasteiger partial charge in [0.05, 0.1) is 0 Å². The monoisotopic (exact) mass is 218 g/mol. The van der Waals surface area contributed by atoms with Gasteiger partial charge in [0.25, 0.3) is 0 Å². The molecule has 1 aromatic carbocycles. The Kier molecular flexibility index (Phi) is 2.96. The zero-order valence-corrected chi connectivity index (χ0v) is 10.7. The van der Waals surface area contributed by atoms with Crippen molar-refractivity contribution in [1.82, 2.24) is 0 Å². The summed E-state index contributed by atoms with van der Waals surface area (Å²) in [6.07, 6.45) is 2.52. The Morgan fingerprint density at radius 3 is 2.38 bits per heavy atom. The number of benzene rings is 1. The molecule has 0 saturated heterocycles. The van der Waals surface area contributed by atoms with Gasteiger partial charge < -0.3 is 5.11 Å². The second-order valence-electron chi connectivity index (χ2n) is 5.57. The van der Waals surface area contributed by atoms with Gasteiger partial charge in [-0.1, -0.05) is 27.7 Å². The van der Waals surface area contributed by atoms with E-state index in [1.54, 1.807) is 0 Å². The van der Waals surface area contributed by atoms with Crippen molar-refractivity contribution in [3.05, 3.63) is 28.8 Å². The number of phenols is 1. The molecule has 0 fully saturated rings. The molecule has 1 aliphatic carbocycles. The lowest BCUT2D eigenvalue weighted by atomic mass is 9.74. The highest BCUT2D eigenvalue weighted by molar-refractivity contribution is 5.47. The summed E-state index contributed by atoms with van der Waals surface area (Å²) in [5.41, 5.74) is 4.23. The lowest BCUT2D eigenvalue weighted by molar-refractivity contribution is 0.464. The minimum Gasteiger partial charge on any atom is -0.508 e. The summed E-state index contributed by atoms with van der Waals surface area (Å²) in [6.45, 7) is 9.00. The Morgan fingerprint density at radius 1 is 1.12 bits per heavy atom. The minimum atomic E-state index is 0.434. The van der Waals surface area contributed by atoms with Gasteiger partial charge in [0.2, 0.25) is 0 Å². The van der Waals surface area contributed by atoms with E-state index in [9.17, 15) is 5.11 Å². The van der Waals surface area contributed by atoms with E-state index in [0.717, 1.165) is 0 Å². The molecule has 0 heterocycles. The molecule has 0 spiro atoms. The molecule has 2 atom stereocenters. The fourth-order valence-electron chi connectivity index (χ4n) is 2.94. The summed E-state index contributed by atoms with van der Waals surface area (Å²) in [4.78, 5) is 0. The van der Waals surface area contributed by atoms with E-state index in [1.807, 2.05) is 12.1 Å². The summed E-state index contributed by atoms with van der Waals surface area (Å²) in [5, 5.41) is 9.82. The predicted octanol–water partition coefficient (Wildman–Crippen LogP) is 4.52. The summed E-state index contributed by atoms with van der Waals surface area (Å²) in [7, 11) is 0. The quantitative estimate of drug-likeness (QED) is 0.735. The van der Waals surface area contributed by atoms with Gasteiger partial charge in [0.15, 0.2) is 0 Å². The van der Waals surface area contributed by atoms with Crippen molar-refractivity contribution in [2.24, 2.45) is 0 Å². The predicted molar refractivity (Wildman–Crippen MR) is 68.3 cm³/mol. The van der Waals surface area contributed by atoms with Crippen LogP contribution in [0.2, 0.25) is 0 Å². The number of hydrogen-bond donors (Lipinski definition) is 1. The summed E-state index contributed by atoms with van der Waals surface area (Å²) < 4.78 is 0. The molecule has 1 nitrogen and oxygen atoms in total. The van der Waals surface area contributed by atoms with Gasteiger partial charge in [0, 0.05) is 0 Å². The van der Waals surface area contributed by atoms with E-state index in [1.165, 1.54) is 29.5 Å². The second-order valence-corrected chi connectivity index (χ2v) is 5.57. The van der Waals surface area contributed by atoms with Crippen LogP contribution in [0.1, 0.15) is 75.0 Å². The molecule has 1 heteroatoms. The molecule has 0 amide bonds. The third-order valence-corrected chi connectivity index (χ3v) is 3.91. The van der Waals surface area contributed by atoms with E-state index in [4.69, 9.17) is 0 Å². The zero-order chi connectivity index (χ0) is 11.9. The lowest BCUT2D eigenvalue weighted by Gasteiger charge is -2.31. The van der Waals surface area contributed by atoms with Crippen LogP contribution in [0.4, 0.5) is 0 Å². The largest absolute Gasteiger partial charge is 0.508 e. The Morgan fingerprint density at radius 2 is 1.75 bits per heavy atom. The first-order valence-corrected chi connectivity index (χ1v) is 6.37. The molecule has 0 radical (unpaired) electrons. The van der Waals surface area contributed by atoms with Crippen LogP contribution in [0.15, 0.2) is 12.1 Å². The van der Waals surface area contributed by atoms with E-state index in [2.05, 4.69) is 27.7 Å². The van der Waals surface area contributed by atoms with Gasteiger partial charge in [-0.25, -0.2) is 0 Å². The highest BCUT2D eigenvalue weighted by Crippen LogP contribution is 2.43.